The molecule has 1 N–H and O–H groups in total. The van der Waals surface area contributed by atoms with Gasteiger partial charge < -0.3 is 9.88 Å². The molecule has 0 bridgehead atoms. The van der Waals surface area contributed by atoms with E-state index in [1.807, 2.05) is 6.20 Å². The van der Waals surface area contributed by atoms with E-state index in [4.69, 9.17) is 0 Å². The fourth-order valence-corrected chi connectivity index (χ4v) is 2.02. The molecule has 13 heavy (non-hydrogen) atoms. The number of rotatable bonds is 2. The molecule has 1 atom stereocenters. The van der Waals surface area contributed by atoms with Gasteiger partial charge in [-0.3, -0.25) is 0 Å². The molecule has 0 unspecified atom stereocenters. The Morgan fingerprint density at radius 3 is 3.31 bits per heavy atom. The molecule has 1 aromatic heterocycles. The number of nitrogens with one attached hydrogen (secondary N) is 1. The van der Waals surface area contributed by atoms with E-state index in [0.29, 0.717) is 5.92 Å². The zero-order valence-electron chi connectivity index (χ0n) is 8.16. The number of aromatic nitrogens is 2. The van der Waals surface area contributed by atoms with E-state index in [9.17, 15) is 0 Å². The van der Waals surface area contributed by atoms with Crippen molar-refractivity contribution in [1.29, 1.82) is 0 Å². The Morgan fingerprint density at radius 2 is 2.62 bits per heavy atom. The highest BCUT2D eigenvalue weighted by atomic mass is 15.1. The lowest BCUT2D eigenvalue weighted by molar-refractivity contribution is 0.434. The largest absolute Gasteiger partial charge is 0.335 e. The summed E-state index contributed by atoms with van der Waals surface area (Å²) in [6, 6.07) is 0. The third kappa shape index (κ3) is 1.75. The molecule has 0 aliphatic carbocycles. The first-order chi connectivity index (χ1) is 6.42. The Balaban J connectivity index is 2.13. The van der Waals surface area contributed by atoms with Crippen LogP contribution in [0.5, 0.6) is 0 Å². The van der Waals surface area contributed by atoms with Crippen molar-refractivity contribution in [2.24, 2.45) is 0 Å². The molecule has 1 saturated heterocycles. The summed E-state index contributed by atoms with van der Waals surface area (Å²) in [5, 5.41) is 3.42. The highest BCUT2D eigenvalue weighted by molar-refractivity contribution is 5.02. The second-order valence-corrected chi connectivity index (χ2v) is 3.61. The van der Waals surface area contributed by atoms with E-state index in [1.54, 1.807) is 0 Å². The van der Waals surface area contributed by atoms with Gasteiger partial charge >= 0.3 is 0 Å². The second kappa shape index (κ2) is 3.92. The van der Waals surface area contributed by atoms with E-state index in [1.165, 1.54) is 25.2 Å². The first kappa shape index (κ1) is 8.75. The highest BCUT2D eigenvalue weighted by Crippen LogP contribution is 2.21. The summed E-state index contributed by atoms with van der Waals surface area (Å²) in [5.41, 5.74) is 0. The molecular formula is C10H17N3. The average molecular weight is 179 g/mol. The summed E-state index contributed by atoms with van der Waals surface area (Å²) < 4.78 is 2.25. The van der Waals surface area contributed by atoms with Gasteiger partial charge in [0.2, 0.25) is 0 Å². The fourth-order valence-electron chi connectivity index (χ4n) is 2.02. The smallest absolute Gasteiger partial charge is 0.113 e. The second-order valence-electron chi connectivity index (χ2n) is 3.61. The predicted octanol–water partition coefficient (Wildman–Crippen LogP) is 1.37. The van der Waals surface area contributed by atoms with Crippen molar-refractivity contribution in [3.63, 3.8) is 0 Å². The predicted molar refractivity (Wildman–Crippen MR) is 52.7 cm³/mol. The molecule has 1 aliphatic heterocycles. The maximum Gasteiger partial charge on any atom is 0.113 e. The summed E-state index contributed by atoms with van der Waals surface area (Å²) in [5.74, 6) is 1.89. The molecule has 2 rings (SSSR count). The minimum Gasteiger partial charge on any atom is -0.335 e. The molecule has 1 aromatic rings. The van der Waals surface area contributed by atoms with E-state index < -0.39 is 0 Å². The van der Waals surface area contributed by atoms with Crippen LogP contribution in [-0.4, -0.2) is 22.6 Å². The van der Waals surface area contributed by atoms with Crippen molar-refractivity contribution in [2.75, 3.05) is 13.1 Å². The first-order valence-corrected chi connectivity index (χ1v) is 5.13. The van der Waals surface area contributed by atoms with Crippen molar-refractivity contribution in [2.45, 2.75) is 32.2 Å². The van der Waals surface area contributed by atoms with Gasteiger partial charge in [0.1, 0.15) is 5.82 Å². The third-order valence-electron chi connectivity index (χ3n) is 2.75. The van der Waals surface area contributed by atoms with Gasteiger partial charge in [0.25, 0.3) is 0 Å². The number of piperidine rings is 1. The van der Waals surface area contributed by atoms with Crippen LogP contribution < -0.4 is 5.32 Å². The minimum absolute atomic E-state index is 0.628. The van der Waals surface area contributed by atoms with E-state index in [2.05, 4.69) is 28.0 Å². The SMILES string of the molecule is CCn1ccnc1[C@H]1CCCNC1. The number of hydrogen-bond donors (Lipinski definition) is 1. The van der Waals surface area contributed by atoms with Crippen LogP contribution in [0, 0.1) is 0 Å². The van der Waals surface area contributed by atoms with Crippen LogP contribution in [0.3, 0.4) is 0 Å². The number of hydrogen-bond acceptors (Lipinski definition) is 2. The van der Waals surface area contributed by atoms with Gasteiger partial charge in [-0.2, -0.15) is 0 Å². The monoisotopic (exact) mass is 179 g/mol. The van der Waals surface area contributed by atoms with Crippen LogP contribution in [0.1, 0.15) is 31.5 Å². The molecule has 0 saturated carbocycles. The molecule has 3 nitrogen and oxygen atoms in total. The Kier molecular flexibility index (Phi) is 2.64. The maximum absolute atomic E-state index is 4.43. The minimum atomic E-state index is 0.628. The zero-order chi connectivity index (χ0) is 9.10. The normalized spacial score (nSPS) is 23.3. The summed E-state index contributed by atoms with van der Waals surface area (Å²) in [6.07, 6.45) is 6.54. The Labute approximate surface area is 79.2 Å². The van der Waals surface area contributed by atoms with Crippen molar-refractivity contribution in [1.82, 2.24) is 14.9 Å². The van der Waals surface area contributed by atoms with Crippen molar-refractivity contribution in [3.8, 4) is 0 Å². The lowest BCUT2D eigenvalue weighted by Gasteiger charge is -2.22. The molecule has 0 spiro atoms. The standard InChI is InChI=1S/C10H17N3/c1-2-13-7-6-12-10(13)9-4-3-5-11-8-9/h6-7,9,11H,2-5,8H2,1H3/t9-/m0/s1. The lowest BCUT2D eigenvalue weighted by atomic mass is 9.99. The Hall–Kier alpha value is -0.830. The van der Waals surface area contributed by atoms with Gasteiger partial charge in [0.05, 0.1) is 0 Å². The molecule has 1 aliphatic rings. The molecular weight excluding hydrogens is 162 g/mol. The molecule has 72 valence electrons. The van der Waals surface area contributed by atoms with Gasteiger partial charge in [-0.15, -0.1) is 0 Å². The Morgan fingerprint density at radius 1 is 1.69 bits per heavy atom. The van der Waals surface area contributed by atoms with Crippen LogP contribution in [0.25, 0.3) is 0 Å². The molecule has 1 fully saturated rings. The van der Waals surface area contributed by atoms with Gasteiger partial charge in [-0.05, 0) is 26.3 Å². The van der Waals surface area contributed by atoms with Crippen molar-refractivity contribution < 1.29 is 0 Å². The van der Waals surface area contributed by atoms with Crippen LogP contribution in [0.4, 0.5) is 0 Å². The highest BCUT2D eigenvalue weighted by Gasteiger charge is 2.18. The summed E-state index contributed by atoms with van der Waals surface area (Å²) >= 11 is 0. The van der Waals surface area contributed by atoms with E-state index in [0.717, 1.165) is 13.1 Å². The third-order valence-corrected chi connectivity index (χ3v) is 2.75. The molecule has 2 heterocycles. The lowest BCUT2D eigenvalue weighted by Crippen LogP contribution is -2.29. The molecule has 0 radical (unpaired) electrons. The van der Waals surface area contributed by atoms with Crippen LogP contribution in [-0.2, 0) is 6.54 Å². The topological polar surface area (TPSA) is 29.9 Å². The van der Waals surface area contributed by atoms with Crippen molar-refractivity contribution >= 4 is 0 Å². The average Bonchev–Trinajstić information content (AvgIpc) is 2.67. The van der Waals surface area contributed by atoms with Crippen LogP contribution >= 0.6 is 0 Å². The van der Waals surface area contributed by atoms with Gasteiger partial charge in [0, 0.05) is 31.4 Å². The maximum atomic E-state index is 4.43. The summed E-state index contributed by atoms with van der Waals surface area (Å²) in [7, 11) is 0. The van der Waals surface area contributed by atoms with Crippen LogP contribution in [0.2, 0.25) is 0 Å². The molecule has 0 amide bonds. The fraction of sp³-hybridized carbons (Fsp3) is 0.700. The molecule has 3 heteroatoms. The number of aryl methyl sites for hydroxylation is 1. The number of nitrogens with zero attached hydrogens (tertiary/aromatic N) is 2. The molecule has 0 aromatic carbocycles. The first-order valence-electron chi connectivity index (χ1n) is 5.13. The summed E-state index contributed by atoms with van der Waals surface area (Å²) in [6.45, 7) is 5.47. The quantitative estimate of drug-likeness (QED) is 0.743. The number of imidazole rings is 1. The van der Waals surface area contributed by atoms with E-state index >= 15 is 0 Å². The van der Waals surface area contributed by atoms with Crippen LogP contribution in [0.15, 0.2) is 12.4 Å². The van der Waals surface area contributed by atoms with Gasteiger partial charge in [-0.1, -0.05) is 0 Å². The van der Waals surface area contributed by atoms with Gasteiger partial charge in [-0.25, -0.2) is 4.98 Å². The van der Waals surface area contributed by atoms with Gasteiger partial charge in [0.15, 0.2) is 0 Å². The Bertz CT molecular complexity index is 261. The van der Waals surface area contributed by atoms with Crippen molar-refractivity contribution in [3.05, 3.63) is 18.2 Å². The summed E-state index contributed by atoms with van der Waals surface area (Å²) in [4.78, 5) is 4.43. The zero-order valence-corrected chi connectivity index (χ0v) is 8.16. The van der Waals surface area contributed by atoms with E-state index in [-0.39, 0.29) is 0 Å².